The van der Waals surface area contributed by atoms with Crippen molar-refractivity contribution in [2.75, 3.05) is 11.4 Å². The van der Waals surface area contributed by atoms with Crippen molar-refractivity contribution in [1.29, 1.82) is 0 Å². The van der Waals surface area contributed by atoms with E-state index in [2.05, 4.69) is 41.9 Å². The number of anilines is 1. The molecule has 1 fully saturated rings. The number of nitrogens with zero attached hydrogens (tertiary/aromatic N) is 2. The quantitative estimate of drug-likeness (QED) is 0.706. The SMILES string of the molecule is CC(C)(C)OC1OC1N1CC(C)(C)c2cc(CCc3cncc(F)c3)ccc21. The fourth-order valence-corrected chi connectivity index (χ4v) is 3.98. The number of benzene rings is 1. The summed E-state index contributed by atoms with van der Waals surface area (Å²) in [6, 6.07) is 8.22. The zero-order chi connectivity index (χ0) is 20.1. The van der Waals surface area contributed by atoms with Crippen LogP contribution in [-0.2, 0) is 27.7 Å². The molecule has 0 radical (unpaired) electrons. The van der Waals surface area contributed by atoms with Gasteiger partial charge in [-0.1, -0.05) is 26.0 Å². The van der Waals surface area contributed by atoms with Crippen LogP contribution in [0.2, 0.25) is 0 Å². The van der Waals surface area contributed by atoms with Gasteiger partial charge >= 0.3 is 0 Å². The fourth-order valence-electron chi connectivity index (χ4n) is 3.98. The lowest BCUT2D eigenvalue weighted by molar-refractivity contribution is -0.0570. The van der Waals surface area contributed by atoms with Gasteiger partial charge in [-0.05, 0) is 62.4 Å². The van der Waals surface area contributed by atoms with Crippen LogP contribution in [-0.4, -0.2) is 29.6 Å². The second-order valence-electron chi connectivity index (χ2n) is 9.50. The van der Waals surface area contributed by atoms with E-state index in [1.807, 2.05) is 20.8 Å². The summed E-state index contributed by atoms with van der Waals surface area (Å²) in [7, 11) is 0. The number of epoxide rings is 1. The van der Waals surface area contributed by atoms with Gasteiger partial charge in [0, 0.05) is 23.8 Å². The van der Waals surface area contributed by atoms with Gasteiger partial charge in [0.2, 0.25) is 6.29 Å². The molecule has 2 aliphatic heterocycles. The van der Waals surface area contributed by atoms with E-state index in [-0.39, 0.29) is 29.4 Å². The summed E-state index contributed by atoms with van der Waals surface area (Å²) in [6.07, 6.45) is 4.45. The third-order valence-electron chi connectivity index (χ3n) is 5.34. The molecule has 0 amide bonds. The highest BCUT2D eigenvalue weighted by atomic mass is 19.1. The minimum absolute atomic E-state index is 0.0102. The van der Waals surface area contributed by atoms with E-state index in [0.29, 0.717) is 0 Å². The van der Waals surface area contributed by atoms with Gasteiger partial charge < -0.3 is 14.4 Å². The number of aromatic nitrogens is 1. The molecule has 28 heavy (non-hydrogen) atoms. The van der Waals surface area contributed by atoms with Crippen LogP contribution >= 0.6 is 0 Å². The smallest absolute Gasteiger partial charge is 0.206 e. The zero-order valence-electron chi connectivity index (χ0n) is 17.3. The Morgan fingerprint density at radius 1 is 1.18 bits per heavy atom. The largest absolute Gasteiger partial charge is 0.343 e. The zero-order valence-corrected chi connectivity index (χ0v) is 17.3. The van der Waals surface area contributed by atoms with Gasteiger partial charge in [0.15, 0.2) is 6.23 Å². The van der Waals surface area contributed by atoms with Crippen LogP contribution < -0.4 is 4.90 Å². The third-order valence-corrected chi connectivity index (χ3v) is 5.34. The Kier molecular flexibility index (Phi) is 4.71. The second kappa shape index (κ2) is 6.82. The molecule has 0 aliphatic carbocycles. The van der Waals surface area contributed by atoms with Crippen molar-refractivity contribution in [3.05, 3.63) is 59.2 Å². The summed E-state index contributed by atoms with van der Waals surface area (Å²) in [5.41, 5.74) is 4.59. The number of aryl methyl sites for hydroxylation is 2. The Morgan fingerprint density at radius 2 is 1.93 bits per heavy atom. The standard InChI is InChI=1S/C23H29FN2O2/c1-22(2,3)28-21-20(27-21)26-14-23(4,5)18-11-15(8-9-19(18)26)6-7-16-10-17(24)13-25-12-16/h8-13,20-21H,6-7,14H2,1-5H3. The molecule has 0 bridgehead atoms. The van der Waals surface area contributed by atoms with E-state index in [4.69, 9.17) is 9.47 Å². The maximum atomic E-state index is 13.3. The monoisotopic (exact) mass is 384 g/mol. The molecule has 4 nitrogen and oxygen atoms in total. The Bertz CT molecular complexity index is 875. The molecule has 2 unspecified atom stereocenters. The number of hydrogen-bond acceptors (Lipinski definition) is 4. The van der Waals surface area contributed by atoms with Crippen molar-refractivity contribution in [2.24, 2.45) is 0 Å². The molecule has 1 aromatic heterocycles. The van der Waals surface area contributed by atoms with Crippen molar-refractivity contribution in [1.82, 2.24) is 4.98 Å². The van der Waals surface area contributed by atoms with Gasteiger partial charge in [-0.3, -0.25) is 4.98 Å². The molecular formula is C23H29FN2O2. The number of halogens is 1. The van der Waals surface area contributed by atoms with E-state index in [9.17, 15) is 4.39 Å². The molecule has 3 heterocycles. The van der Waals surface area contributed by atoms with Gasteiger partial charge in [0.1, 0.15) is 5.82 Å². The van der Waals surface area contributed by atoms with Crippen LogP contribution in [0.15, 0.2) is 36.7 Å². The summed E-state index contributed by atoms with van der Waals surface area (Å²) in [5, 5.41) is 0. The van der Waals surface area contributed by atoms with Gasteiger partial charge in [-0.2, -0.15) is 0 Å². The number of rotatable bonds is 5. The van der Waals surface area contributed by atoms with Gasteiger partial charge in [0.25, 0.3) is 0 Å². The van der Waals surface area contributed by atoms with E-state index < -0.39 is 0 Å². The van der Waals surface area contributed by atoms with Crippen molar-refractivity contribution in [2.45, 2.75) is 71.0 Å². The predicted octanol–water partition coefficient (Wildman–Crippen LogP) is 4.60. The molecule has 0 N–H and O–H groups in total. The Morgan fingerprint density at radius 3 is 2.64 bits per heavy atom. The number of ether oxygens (including phenoxy) is 2. The third kappa shape index (κ3) is 4.06. The van der Waals surface area contributed by atoms with Crippen LogP contribution in [0.1, 0.15) is 51.3 Å². The summed E-state index contributed by atoms with van der Waals surface area (Å²) < 4.78 is 25.2. The Balaban J connectivity index is 1.49. The Labute approximate surface area is 166 Å². The molecule has 2 atom stereocenters. The minimum atomic E-state index is -0.278. The first-order valence-electron chi connectivity index (χ1n) is 9.95. The molecule has 2 aliphatic rings. The average Bonchev–Trinajstić information content (AvgIpc) is 3.28. The van der Waals surface area contributed by atoms with E-state index in [1.165, 1.54) is 23.0 Å². The highest BCUT2D eigenvalue weighted by molar-refractivity contribution is 5.64. The lowest BCUT2D eigenvalue weighted by Crippen LogP contribution is -2.33. The molecular weight excluding hydrogens is 355 g/mol. The fraction of sp³-hybridized carbons (Fsp3) is 0.522. The summed E-state index contributed by atoms with van der Waals surface area (Å²) in [6.45, 7) is 11.6. The van der Waals surface area contributed by atoms with E-state index in [1.54, 1.807) is 12.3 Å². The first-order chi connectivity index (χ1) is 13.1. The van der Waals surface area contributed by atoms with E-state index in [0.717, 1.165) is 24.9 Å². The summed E-state index contributed by atoms with van der Waals surface area (Å²) in [4.78, 5) is 6.26. The second-order valence-corrected chi connectivity index (χ2v) is 9.50. The topological polar surface area (TPSA) is 37.9 Å². The first-order valence-corrected chi connectivity index (χ1v) is 9.95. The molecule has 0 saturated carbocycles. The van der Waals surface area contributed by atoms with Crippen LogP contribution in [0.25, 0.3) is 0 Å². The van der Waals surface area contributed by atoms with Crippen molar-refractivity contribution >= 4 is 5.69 Å². The number of fused-ring (bicyclic) bond motifs is 1. The molecule has 2 aromatic rings. The Hall–Kier alpha value is -1.98. The number of pyridine rings is 1. The molecule has 1 saturated heterocycles. The lowest BCUT2D eigenvalue weighted by atomic mass is 9.85. The predicted molar refractivity (Wildman–Crippen MR) is 108 cm³/mol. The van der Waals surface area contributed by atoms with Crippen molar-refractivity contribution in [3.8, 4) is 0 Å². The van der Waals surface area contributed by atoms with Crippen LogP contribution in [0, 0.1) is 5.82 Å². The summed E-state index contributed by atoms with van der Waals surface area (Å²) in [5.74, 6) is -0.278. The average molecular weight is 384 g/mol. The van der Waals surface area contributed by atoms with Crippen LogP contribution in [0.4, 0.5) is 10.1 Å². The van der Waals surface area contributed by atoms with Crippen molar-refractivity contribution in [3.63, 3.8) is 0 Å². The molecule has 4 rings (SSSR count). The highest BCUT2D eigenvalue weighted by Gasteiger charge is 2.51. The maximum Gasteiger partial charge on any atom is 0.206 e. The van der Waals surface area contributed by atoms with Gasteiger partial charge in [-0.15, -0.1) is 0 Å². The lowest BCUT2D eigenvalue weighted by Gasteiger charge is -2.22. The van der Waals surface area contributed by atoms with Crippen molar-refractivity contribution < 1.29 is 13.9 Å². The molecule has 150 valence electrons. The maximum absolute atomic E-state index is 13.3. The van der Waals surface area contributed by atoms with Crippen LogP contribution in [0.3, 0.4) is 0 Å². The van der Waals surface area contributed by atoms with Gasteiger partial charge in [0.05, 0.1) is 11.8 Å². The number of hydrogen-bond donors (Lipinski definition) is 0. The molecule has 5 heteroatoms. The minimum Gasteiger partial charge on any atom is -0.343 e. The highest BCUT2D eigenvalue weighted by Crippen LogP contribution is 2.46. The normalized spacial score (nSPS) is 23.0. The molecule has 1 aromatic carbocycles. The molecule has 0 spiro atoms. The first kappa shape index (κ1) is 19.3. The van der Waals surface area contributed by atoms with Gasteiger partial charge in [-0.25, -0.2) is 4.39 Å². The summed E-state index contributed by atoms with van der Waals surface area (Å²) >= 11 is 0. The van der Waals surface area contributed by atoms with Crippen LogP contribution in [0.5, 0.6) is 0 Å². The van der Waals surface area contributed by atoms with E-state index >= 15 is 0 Å².